The van der Waals surface area contributed by atoms with Gasteiger partial charge < -0.3 is 10.1 Å². The van der Waals surface area contributed by atoms with Crippen LogP contribution in [-0.2, 0) is 4.74 Å². The number of amides is 2. The summed E-state index contributed by atoms with van der Waals surface area (Å²) >= 11 is 0. The zero-order valence-corrected chi connectivity index (χ0v) is 16.4. The summed E-state index contributed by atoms with van der Waals surface area (Å²) in [6, 6.07) is 12.4. The number of ether oxygens (including phenoxy) is 1. The van der Waals surface area contributed by atoms with E-state index in [-0.39, 0.29) is 5.69 Å². The number of carbonyl (C=O) groups excluding carboxylic acids is 2. The summed E-state index contributed by atoms with van der Waals surface area (Å²) < 4.78 is 5.14. The SMILES string of the molecule is C#CCCCCCOC(=O)Nc1ccnc(C(=O)Nc2cccc3cccnc23)c1. The van der Waals surface area contributed by atoms with Gasteiger partial charge in [0.2, 0.25) is 0 Å². The predicted molar refractivity (Wildman–Crippen MR) is 116 cm³/mol. The molecular weight excluding hydrogens is 380 g/mol. The van der Waals surface area contributed by atoms with Crippen LogP contribution in [0.4, 0.5) is 16.2 Å². The molecule has 2 aromatic heterocycles. The highest BCUT2D eigenvalue weighted by Gasteiger charge is 2.12. The molecule has 0 aliphatic heterocycles. The van der Waals surface area contributed by atoms with Gasteiger partial charge in [-0.25, -0.2) is 4.79 Å². The van der Waals surface area contributed by atoms with Crippen molar-refractivity contribution in [2.45, 2.75) is 25.7 Å². The number of carbonyl (C=O) groups is 2. The summed E-state index contributed by atoms with van der Waals surface area (Å²) in [6.07, 6.45) is 11.0. The van der Waals surface area contributed by atoms with Crippen LogP contribution >= 0.6 is 0 Å². The Hall–Kier alpha value is -3.92. The maximum atomic E-state index is 12.6. The van der Waals surface area contributed by atoms with Crippen molar-refractivity contribution < 1.29 is 14.3 Å². The summed E-state index contributed by atoms with van der Waals surface area (Å²) in [4.78, 5) is 33.0. The van der Waals surface area contributed by atoms with E-state index in [1.54, 1.807) is 18.3 Å². The first kappa shape index (κ1) is 20.8. The second kappa shape index (κ2) is 10.6. The molecule has 0 aliphatic carbocycles. The summed E-state index contributed by atoms with van der Waals surface area (Å²) in [7, 11) is 0. The lowest BCUT2D eigenvalue weighted by atomic mass is 10.2. The van der Waals surface area contributed by atoms with Gasteiger partial charge in [-0.1, -0.05) is 18.2 Å². The number of aromatic nitrogens is 2. The van der Waals surface area contributed by atoms with E-state index in [1.807, 2.05) is 24.3 Å². The third-order valence-electron chi connectivity index (χ3n) is 4.32. The Labute approximate surface area is 174 Å². The van der Waals surface area contributed by atoms with Crippen molar-refractivity contribution in [3.63, 3.8) is 0 Å². The molecule has 0 saturated heterocycles. The number of terminal acetylenes is 1. The highest BCUT2D eigenvalue weighted by atomic mass is 16.5. The zero-order valence-electron chi connectivity index (χ0n) is 16.4. The topological polar surface area (TPSA) is 93.2 Å². The van der Waals surface area contributed by atoms with E-state index in [1.165, 1.54) is 12.3 Å². The molecule has 0 fully saturated rings. The van der Waals surface area contributed by atoms with E-state index in [4.69, 9.17) is 11.2 Å². The Morgan fingerprint density at radius 1 is 1.00 bits per heavy atom. The second-order valence-corrected chi connectivity index (χ2v) is 6.54. The number of fused-ring (bicyclic) bond motifs is 1. The Balaban J connectivity index is 1.57. The van der Waals surface area contributed by atoms with Gasteiger partial charge in [-0.2, -0.15) is 0 Å². The lowest BCUT2D eigenvalue weighted by Gasteiger charge is -2.09. The predicted octanol–water partition coefficient (Wildman–Crippen LogP) is 4.62. The van der Waals surface area contributed by atoms with Gasteiger partial charge in [-0.3, -0.25) is 20.1 Å². The molecule has 152 valence electrons. The maximum Gasteiger partial charge on any atom is 0.411 e. The van der Waals surface area contributed by atoms with Crippen LogP contribution in [0.5, 0.6) is 0 Å². The monoisotopic (exact) mass is 402 g/mol. The van der Waals surface area contributed by atoms with Gasteiger partial charge >= 0.3 is 6.09 Å². The van der Waals surface area contributed by atoms with E-state index < -0.39 is 12.0 Å². The number of nitrogens with zero attached hydrogens (tertiary/aromatic N) is 2. The largest absolute Gasteiger partial charge is 0.449 e. The van der Waals surface area contributed by atoms with Crippen LogP contribution in [0.2, 0.25) is 0 Å². The lowest BCUT2D eigenvalue weighted by Crippen LogP contribution is -2.17. The minimum Gasteiger partial charge on any atom is -0.449 e. The zero-order chi connectivity index (χ0) is 21.2. The lowest BCUT2D eigenvalue weighted by molar-refractivity contribution is 0.102. The van der Waals surface area contributed by atoms with E-state index in [0.717, 1.165) is 31.1 Å². The van der Waals surface area contributed by atoms with Gasteiger partial charge in [0.25, 0.3) is 5.91 Å². The van der Waals surface area contributed by atoms with Crippen LogP contribution in [0, 0.1) is 12.3 Å². The molecule has 0 unspecified atom stereocenters. The van der Waals surface area contributed by atoms with E-state index in [2.05, 4.69) is 26.5 Å². The number of unbranched alkanes of at least 4 members (excludes halogenated alkanes) is 3. The molecule has 7 nitrogen and oxygen atoms in total. The van der Waals surface area contributed by atoms with Gasteiger partial charge in [-0.15, -0.1) is 12.3 Å². The minimum atomic E-state index is -0.581. The fraction of sp³-hybridized carbons (Fsp3) is 0.217. The van der Waals surface area contributed by atoms with Crippen LogP contribution in [0.15, 0.2) is 54.9 Å². The first-order valence-electron chi connectivity index (χ1n) is 9.66. The van der Waals surface area contributed by atoms with Crippen molar-refractivity contribution in [3.8, 4) is 12.3 Å². The fourth-order valence-corrected chi connectivity index (χ4v) is 2.85. The van der Waals surface area contributed by atoms with Crippen molar-refractivity contribution in [2.75, 3.05) is 17.2 Å². The number of pyridine rings is 2. The van der Waals surface area contributed by atoms with Gasteiger partial charge in [0.15, 0.2) is 0 Å². The van der Waals surface area contributed by atoms with Gasteiger partial charge in [-0.05, 0) is 43.5 Å². The van der Waals surface area contributed by atoms with Crippen molar-refractivity contribution in [3.05, 3.63) is 60.6 Å². The molecule has 0 aliphatic rings. The van der Waals surface area contributed by atoms with Crippen LogP contribution in [0.3, 0.4) is 0 Å². The summed E-state index contributed by atoms with van der Waals surface area (Å²) in [5.41, 5.74) is 1.86. The first-order valence-corrected chi connectivity index (χ1v) is 9.66. The molecule has 0 atom stereocenters. The molecule has 7 heteroatoms. The minimum absolute atomic E-state index is 0.162. The first-order chi connectivity index (χ1) is 14.7. The second-order valence-electron chi connectivity index (χ2n) is 6.54. The van der Waals surface area contributed by atoms with Crippen molar-refractivity contribution >= 4 is 34.3 Å². The highest BCUT2D eigenvalue weighted by molar-refractivity contribution is 6.07. The number of para-hydroxylation sites is 1. The number of anilines is 2. The fourth-order valence-electron chi connectivity index (χ4n) is 2.85. The van der Waals surface area contributed by atoms with Crippen molar-refractivity contribution in [2.24, 2.45) is 0 Å². The van der Waals surface area contributed by atoms with E-state index in [0.29, 0.717) is 23.5 Å². The van der Waals surface area contributed by atoms with Gasteiger partial charge in [0, 0.05) is 29.9 Å². The molecule has 0 bridgehead atoms. The average Bonchev–Trinajstić information content (AvgIpc) is 2.76. The van der Waals surface area contributed by atoms with Gasteiger partial charge in [0.1, 0.15) is 5.69 Å². The molecule has 2 amide bonds. The number of hydrogen-bond donors (Lipinski definition) is 2. The summed E-state index contributed by atoms with van der Waals surface area (Å²) in [6.45, 7) is 0.308. The normalized spacial score (nSPS) is 10.2. The van der Waals surface area contributed by atoms with E-state index >= 15 is 0 Å². The molecule has 0 spiro atoms. The Morgan fingerprint density at radius 3 is 2.73 bits per heavy atom. The number of nitrogens with one attached hydrogen (secondary N) is 2. The molecular formula is C23H22N4O3. The third-order valence-corrected chi connectivity index (χ3v) is 4.32. The Bertz CT molecular complexity index is 1070. The number of hydrogen-bond acceptors (Lipinski definition) is 5. The molecule has 2 heterocycles. The molecule has 0 saturated carbocycles. The number of rotatable bonds is 8. The quantitative estimate of drug-likeness (QED) is 0.423. The number of benzene rings is 1. The molecule has 3 aromatic rings. The molecule has 30 heavy (non-hydrogen) atoms. The standard InChI is InChI=1S/C23H22N4O3/c1-2-3-4-5-6-15-30-23(29)26-18-12-14-24-20(16-18)22(28)27-19-11-7-9-17-10-8-13-25-21(17)19/h1,7-14,16H,3-6,15H2,(H,27,28)(H,24,26,29). The average molecular weight is 402 g/mol. The summed E-state index contributed by atoms with van der Waals surface area (Å²) in [5.74, 6) is 2.17. The molecule has 0 radical (unpaired) electrons. The van der Waals surface area contributed by atoms with Gasteiger partial charge in [0.05, 0.1) is 17.8 Å². The van der Waals surface area contributed by atoms with Crippen LogP contribution < -0.4 is 10.6 Å². The third kappa shape index (κ3) is 5.79. The van der Waals surface area contributed by atoms with Crippen molar-refractivity contribution in [1.29, 1.82) is 0 Å². The van der Waals surface area contributed by atoms with Crippen LogP contribution in [0.1, 0.15) is 36.2 Å². The van der Waals surface area contributed by atoms with Crippen molar-refractivity contribution in [1.82, 2.24) is 9.97 Å². The summed E-state index contributed by atoms with van der Waals surface area (Å²) in [5, 5.41) is 6.34. The van der Waals surface area contributed by atoms with Crippen LogP contribution in [0.25, 0.3) is 10.9 Å². The highest BCUT2D eigenvalue weighted by Crippen LogP contribution is 2.21. The van der Waals surface area contributed by atoms with E-state index in [9.17, 15) is 9.59 Å². The Morgan fingerprint density at radius 2 is 1.87 bits per heavy atom. The molecule has 1 aromatic carbocycles. The smallest absolute Gasteiger partial charge is 0.411 e. The Kier molecular flexibility index (Phi) is 7.34. The molecule has 3 rings (SSSR count). The maximum absolute atomic E-state index is 12.6. The van der Waals surface area contributed by atoms with Crippen LogP contribution in [-0.4, -0.2) is 28.6 Å². The molecule has 2 N–H and O–H groups in total.